The molecule has 0 aliphatic rings. The standard InChI is InChI=1S/C27H45N3O3/c1-6-7-20-33-26-24(4)28-27(30-22(2)17-18-23(30)3)29-25(26)16-14-12-10-8-9-11-13-15-19-32-21-31-5/h17-18H,6-16,19-21H2,1-5H3. The molecule has 0 atom stereocenters. The fourth-order valence-corrected chi connectivity index (χ4v) is 4.07. The molecule has 0 fully saturated rings. The first-order valence-corrected chi connectivity index (χ1v) is 12.8. The number of aromatic nitrogens is 3. The summed E-state index contributed by atoms with van der Waals surface area (Å²) in [7, 11) is 1.66. The zero-order valence-electron chi connectivity index (χ0n) is 21.6. The average molecular weight is 460 g/mol. The van der Waals surface area contributed by atoms with Crippen molar-refractivity contribution in [2.45, 2.75) is 98.3 Å². The third-order valence-electron chi connectivity index (χ3n) is 5.96. The molecule has 33 heavy (non-hydrogen) atoms. The van der Waals surface area contributed by atoms with E-state index in [2.05, 4.69) is 37.5 Å². The Kier molecular flexibility index (Phi) is 13.1. The van der Waals surface area contributed by atoms with Crippen LogP contribution in [0.4, 0.5) is 0 Å². The number of hydrogen-bond donors (Lipinski definition) is 0. The SMILES string of the molecule is CCCCOc1c(C)nc(-n2c(C)ccc2C)nc1CCCCCCCCCCOCOC. The smallest absolute Gasteiger partial charge is 0.234 e. The summed E-state index contributed by atoms with van der Waals surface area (Å²) >= 11 is 0. The van der Waals surface area contributed by atoms with Gasteiger partial charge in [0, 0.05) is 25.1 Å². The molecule has 0 aliphatic carbocycles. The highest BCUT2D eigenvalue weighted by Gasteiger charge is 2.16. The normalized spacial score (nSPS) is 11.3. The summed E-state index contributed by atoms with van der Waals surface area (Å²) in [6, 6.07) is 4.23. The van der Waals surface area contributed by atoms with Gasteiger partial charge in [0.15, 0.2) is 5.75 Å². The van der Waals surface area contributed by atoms with Crippen molar-refractivity contribution < 1.29 is 14.2 Å². The number of methoxy groups -OCH3 is 1. The van der Waals surface area contributed by atoms with E-state index in [-0.39, 0.29) is 0 Å². The third-order valence-corrected chi connectivity index (χ3v) is 5.96. The van der Waals surface area contributed by atoms with Crippen LogP contribution in [0.1, 0.15) is 93.9 Å². The lowest BCUT2D eigenvalue weighted by molar-refractivity contribution is -0.0315. The van der Waals surface area contributed by atoms with E-state index in [1.807, 2.05) is 6.92 Å². The summed E-state index contributed by atoms with van der Waals surface area (Å²) < 4.78 is 18.5. The van der Waals surface area contributed by atoms with Crippen molar-refractivity contribution >= 4 is 0 Å². The molecule has 0 saturated heterocycles. The summed E-state index contributed by atoms with van der Waals surface area (Å²) in [6.45, 7) is 10.4. The first-order valence-electron chi connectivity index (χ1n) is 12.8. The van der Waals surface area contributed by atoms with Crippen LogP contribution in [0, 0.1) is 20.8 Å². The lowest BCUT2D eigenvalue weighted by Crippen LogP contribution is -2.11. The minimum Gasteiger partial charge on any atom is -0.490 e. The van der Waals surface area contributed by atoms with E-state index < -0.39 is 0 Å². The van der Waals surface area contributed by atoms with Crippen molar-refractivity contribution in [1.82, 2.24) is 14.5 Å². The Morgan fingerprint density at radius 1 is 0.788 bits per heavy atom. The van der Waals surface area contributed by atoms with Crippen molar-refractivity contribution in [2.75, 3.05) is 27.1 Å². The molecule has 0 aliphatic heterocycles. The molecule has 0 amide bonds. The van der Waals surface area contributed by atoms with Crippen LogP contribution in [-0.2, 0) is 15.9 Å². The van der Waals surface area contributed by atoms with E-state index in [0.29, 0.717) is 6.79 Å². The fraction of sp³-hybridized carbons (Fsp3) is 0.704. The van der Waals surface area contributed by atoms with E-state index in [1.165, 1.54) is 38.5 Å². The van der Waals surface area contributed by atoms with Crippen LogP contribution < -0.4 is 4.74 Å². The summed E-state index contributed by atoms with van der Waals surface area (Å²) in [5, 5.41) is 0. The summed E-state index contributed by atoms with van der Waals surface area (Å²) in [6.07, 6.45) is 13.0. The van der Waals surface area contributed by atoms with Gasteiger partial charge < -0.3 is 14.2 Å². The maximum atomic E-state index is 6.15. The minimum absolute atomic E-state index is 0.406. The van der Waals surface area contributed by atoms with Crippen molar-refractivity contribution in [2.24, 2.45) is 0 Å². The number of ether oxygens (including phenoxy) is 3. The lowest BCUT2D eigenvalue weighted by Gasteiger charge is -2.16. The zero-order valence-corrected chi connectivity index (χ0v) is 21.6. The predicted molar refractivity (Wildman–Crippen MR) is 134 cm³/mol. The molecule has 2 rings (SSSR count). The Hall–Kier alpha value is -1.92. The minimum atomic E-state index is 0.406. The molecule has 2 heterocycles. The van der Waals surface area contributed by atoms with Crippen molar-refractivity contribution in [3.63, 3.8) is 0 Å². The molecule has 2 aromatic rings. The Morgan fingerprint density at radius 3 is 2.06 bits per heavy atom. The molecule has 6 heteroatoms. The molecule has 0 saturated carbocycles. The second-order valence-electron chi connectivity index (χ2n) is 8.93. The van der Waals surface area contributed by atoms with Crippen LogP contribution in [-0.4, -0.2) is 41.7 Å². The van der Waals surface area contributed by atoms with Gasteiger partial charge in [-0.3, -0.25) is 4.57 Å². The quantitative estimate of drug-likeness (QED) is 0.184. The second kappa shape index (κ2) is 15.8. The van der Waals surface area contributed by atoms with Crippen LogP contribution in [0.3, 0.4) is 0 Å². The number of hydrogen-bond acceptors (Lipinski definition) is 5. The van der Waals surface area contributed by atoms with Crippen LogP contribution in [0.5, 0.6) is 5.75 Å². The van der Waals surface area contributed by atoms with Gasteiger partial charge in [0.2, 0.25) is 5.95 Å². The molecule has 0 spiro atoms. The zero-order chi connectivity index (χ0) is 23.9. The highest BCUT2D eigenvalue weighted by molar-refractivity contribution is 5.37. The van der Waals surface area contributed by atoms with E-state index in [0.717, 1.165) is 79.8 Å². The molecule has 2 aromatic heterocycles. The van der Waals surface area contributed by atoms with Crippen LogP contribution >= 0.6 is 0 Å². The molecule has 6 nitrogen and oxygen atoms in total. The molecular formula is C27H45N3O3. The number of unbranched alkanes of at least 4 members (excludes halogenated alkanes) is 8. The van der Waals surface area contributed by atoms with Crippen LogP contribution in [0.15, 0.2) is 12.1 Å². The molecule has 0 aromatic carbocycles. The largest absolute Gasteiger partial charge is 0.490 e. The Morgan fingerprint density at radius 2 is 1.42 bits per heavy atom. The molecule has 0 N–H and O–H groups in total. The van der Waals surface area contributed by atoms with Gasteiger partial charge in [0.05, 0.1) is 18.0 Å². The van der Waals surface area contributed by atoms with Crippen molar-refractivity contribution in [1.29, 1.82) is 0 Å². The molecular weight excluding hydrogens is 414 g/mol. The molecule has 0 unspecified atom stereocenters. The average Bonchev–Trinajstić information content (AvgIpc) is 3.13. The van der Waals surface area contributed by atoms with Crippen molar-refractivity contribution in [3.8, 4) is 11.7 Å². The van der Waals surface area contributed by atoms with Crippen LogP contribution in [0.2, 0.25) is 0 Å². The Labute approximate surface area is 201 Å². The number of nitrogens with zero attached hydrogens (tertiary/aromatic N) is 3. The maximum Gasteiger partial charge on any atom is 0.234 e. The van der Waals surface area contributed by atoms with E-state index >= 15 is 0 Å². The van der Waals surface area contributed by atoms with Crippen LogP contribution in [0.25, 0.3) is 5.95 Å². The summed E-state index contributed by atoms with van der Waals surface area (Å²) in [5.74, 6) is 1.66. The van der Waals surface area contributed by atoms with Gasteiger partial charge >= 0.3 is 0 Å². The highest BCUT2D eigenvalue weighted by Crippen LogP contribution is 2.26. The topological polar surface area (TPSA) is 58.4 Å². The third kappa shape index (κ3) is 9.46. The summed E-state index contributed by atoms with van der Waals surface area (Å²) in [5.41, 5.74) is 4.30. The molecule has 186 valence electrons. The van der Waals surface area contributed by atoms with Gasteiger partial charge in [-0.2, -0.15) is 0 Å². The fourth-order valence-electron chi connectivity index (χ4n) is 4.07. The van der Waals surface area contributed by atoms with Gasteiger partial charge in [-0.25, -0.2) is 9.97 Å². The van der Waals surface area contributed by atoms with Gasteiger partial charge in [-0.15, -0.1) is 0 Å². The number of rotatable bonds is 18. The summed E-state index contributed by atoms with van der Waals surface area (Å²) in [4.78, 5) is 9.77. The lowest BCUT2D eigenvalue weighted by atomic mass is 10.1. The van der Waals surface area contributed by atoms with E-state index in [1.54, 1.807) is 7.11 Å². The first-order chi connectivity index (χ1) is 16.1. The molecule has 0 radical (unpaired) electrons. The van der Waals surface area contributed by atoms with Gasteiger partial charge in [-0.05, 0) is 58.6 Å². The number of aryl methyl sites for hydroxylation is 4. The Balaban J connectivity index is 1.85. The molecule has 0 bridgehead atoms. The Bertz CT molecular complexity index is 785. The predicted octanol–water partition coefficient (Wildman–Crippen LogP) is 6.66. The van der Waals surface area contributed by atoms with Gasteiger partial charge in [0.1, 0.15) is 6.79 Å². The van der Waals surface area contributed by atoms with E-state index in [9.17, 15) is 0 Å². The highest BCUT2D eigenvalue weighted by atomic mass is 16.7. The van der Waals surface area contributed by atoms with Gasteiger partial charge in [-0.1, -0.05) is 51.9 Å². The van der Waals surface area contributed by atoms with Gasteiger partial charge in [0.25, 0.3) is 0 Å². The van der Waals surface area contributed by atoms with Crippen molar-refractivity contribution in [3.05, 3.63) is 34.9 Å². The monoisotopic (exact) mass is 459 g/mol. The maximum absolute atomic E-state index is 6.15. The first kappa shape index (κ1) is 27.3. The second-order valence-corrected chi connectivity index (χ2v) is 8.93. The van der Waals surface area contributed by atoms with E-state index in [4.69, 9.17) is 24.2 Å².